The molecule has 1 aliphatic rings. The minimum atomic E-state index is -0.677. The quantitative estimate of drug-likeness (QED) is 0.196. The second-order valence-electron chi connectivity index (χ2n) is 9.88. The fourth-order valence-corrected chi connectivity index (χ4v) is 5.74. The van der Waals surface area contributed by atoms with Crippen LogP contribution < -0.4 is 21.1 Å². The molecule has 0 bridgehead atoms. The number of carbonyl (C=O) groups excluding carboxylic acids is 3. The van der Waals surface area contributed by atoms with E-state index in [2.05, 4.69) is 20.6 Å². The van der Waals surface area contributed by atoms with Crippen molar-refractivity contribution in [2.45, 2.75) is 19.4 Å². The summed E-state index contributed by atoms with van der Waals surface area (Å²) >= 11 is 1.43. The van der Waals surface area contributed by atoms with Gasteiger partial charge >= 0.3 is 6.03 Å². The number of fused-ring (bicyclic) bond motifs is 1. The number of aromatic nitrogens is 2. The van der Waals surface area contributed by atoms with Gasteiger partial charge in [0.15, 0.2) is 11.6 Å². The van der Waals surface area contributed by atoms with Crippen molar-refractivity contribution in [3.63, 3.8) is 0 Å². The van der Waals surface area contributed by atoms with Crippen LogP contribution in [-0.4, -0.2) is 39.3 Å². The molecular weight excluding hydrogens is 571 g/mol. The van der Waals surface area contributed by atoms with Crippen molar-refractivity contribution >= 4 is 50.8 Å². The van der Waals surface area contributed by atoms with Gasteiger partial charge in [-0.25, -0.2) is 9.18 Å². The number of likely N-dealkylation sites (tertiary alicyclic amines) is 1. The van der Waals surface area contributed by atoms with E-state index in [4.69, 9.17) is 10.5 Å². The first kappa shape index (κ1) is 27.8. The number of primary amides is 1. The highest BCUT2D eigenvalue weighted by Crippen LogP contribution is 2.39. The second kappa shape index (κ2) is 11.9. The monoisotopic (exact) mass is 596 g/mol. The normalized spacial score (nSPS) is 12.9. The number of amides is 4. The van der Waals surface area contributed by atoms with Gasteiger partial charge in [0.1, 0.15) is 5.75 Å². The SMILES string of the molecule is NC(=O)c1cccc(NC(=O)Nc2ccc(Oc3ccnc4cc(-c5ccc(CN6CCCC6=O)cn5)sc34)c(F)c2)c1. The number of carbonyl (C=O) groups is 3. The number of halogens is 1. The Morgan fingerprint density at radius 1 is 1.00 bits per heavy atom. The van der Waals surface area contributed by atoms with Gasteiger partial charge in [0.05, 0.1) is 20.8 Å². The summed E-state index contributed by atoms with van der Waals surface area (Å²) in [6.07, 6.45) is 4.85. The van der Waals surface area contributed by atoms with E-state index >= 15 is 4.39 Å². The maximum atomic E-state index is 15.0. The van der Waals surface area contributed by atoms with Crippen LogP contribution in [-0.2, 0) is 11.3 Å². The maximum Gasteiger partial charge on any atom is 0.323 e. The molecule has 12 heteroatoms. The van der Waals surface area contributed by atoms with E-state index in [1.807, 2.05) is 23.1 Å². The molecular formula is C31H25FN6O4S. The molecule has 43 heavy (non-hydrogen) atoms. The topological polar surface area (TPSA) is 140 Å². The maximum absolute atomic E-state index is 15.0. The Balaban J connectivity index is 1.14. The Labute approximate surface area is 249 Å². The van der Waals surface area contributed by atoms with Crippen molar-refractivity contribution in [3.05, 3.63) is 96.1 Å². The Bertz CT molecular complexity index is 1860. The summed E-state index contributed by atoms with van der Waals surface area (Å²) in [4.78, 5) is 47.4. The van der Waals surface area contributed by atoms with E-state index in [9.17, 15) is 14.4 Å². The minimum absolute atomic E-state index is 0.0264. The third kappa shape index (κ3) is 6.28. The van der Waals surface area contributed by atoms with E-state index in [0.717, 1.165) is 39.9 Å². The zero-order chi connectivity index (χ0) is 29.9. The summed E-state index contributed by atoms with van der Waals surface area (Å²) in [7, 11) is 0. The molecule has 6 rings (SSSR count). The van der Waals surface area contributed by atoms with Crippen molar-refractivity contribution in [2.75, 3.05) is 17.2 Å². The number of hydrogen-bond acceptors (Lipinski definition) is 7. The molecule has 1 aliphatic heterocycles. The Morgan fingerprint density at radius 2 is 1.84 bits per heavy atom. The number of nitrogens with two attached hydrogens (primary N) is 1. The van der Waals surface area contributed by atoms with Crippen LogP contribution in [0.2, 0.25) is 0 Å². The highest BCUT2D eigenvalue weighted by molar-refractivity contribution is 7.22. The first-order valence-corrected chi connectivity index (χ1v) is 14.2. The van der Waals surface area contributed by atoms with Crippen molar-refractivity contribution < 1.29 is 23.5 Å². The lowest BCUT2D eigenvalue weighted by atomic mass is 10.2. The first-order valence-electron chi connectivity index (χ1n) is 13.4. The van der Waals surface area contributed by atoms with Crippen LogP contribution in [0, 0.1) is 5.82 Å². The van der Waals surface area contributed by atoms with Crippen LogP contribution in [0.5, 0.6) is 11.5 Å². The standard InChI is InChI=1S/C31H25FN6O4S/c32-22-14-21(37-31(41)36-20-4-1-3-19(13-20)30(33)40)7-9-25(22)42-26-10-11-34-24-15-27(43-29(24)26)23-8-6-18(16-35-23)17-38-12-2-5-28(38)39/h1,3-4,6-11,13-16H,2,5,12,17H2,(H2,33,40)(H2,36,37,41). The van der Waals surface area contributed by atoms with E-state index in [1.54, 1.807) is 30.6 Å². The molecule has 2 aromatic carbocycles. The molecule has 0 aliphatic carbocycles. The number of hydrogen-bond donors (Lipinski definition) is 3. The number of nitrogens with one attached hydrogen (secondary N) is 2. The molecule has 4 amide bonds. The molecule has 10 nitrogen and oxygen atoms in total. The summed E-state index contributed by atoms with van der Waals surface area (Å²) in [6.45, 7) is 1.32. The minimum Gasteiger partial charge on any atom is -0.453 e. The zero-order valence-electron chi connectivity index (χ0n) is 22.7. The summed E-state index contributed by atoms with van der Waals surface area (Å²) in [5, 5.41) is 5.13. The molecule has 1 fully saturated rings. The van der Waals surface area contributed by atoms with Gasteiger partial charge in [0.25, 0.3) is 0 Å². The van der Waals surface area contributed by atoms with Gasteiger partial charge in [-0.05, 0) is 54.4 Å². The molecule has 0 unspecified atom stereocenters. The van der Waals surface area contributed by atoms with Crippen molar-refractivity contribution in [2.24, 2.45) is 5.73 Å². The molecule has 0 saturated carbocycles. The van der Waals surface area contributed by atoms with E-state index in [1.165, 1.54) is 35.6 Å². The van der Waals surface area contributed by atoms with Gasteiger partial charge in [-0.2, -0.15) is 0 Å². The van der Waals surface area contributed by atoms with E-state index in [0.29, 0.717) is 29.9 Å². The van der Waals surface area contributed by atoms with Gasteiger partial charge in [0, 0.05) is 61.0 Å². The number of benzene rings is 2. The van der Waals surface area contributed by atoms with E-state index in [-0.39, 0.29) is 22.9 Å². The molecule has 0 atom stereocenters. The third-order valence-electron chi connectivity index (χ3n) is 6.81. The lowest BCUT2D eigenvalue weighted by Crippen LogP contribution is -2.23. The number of nitrogens with zero attached hydrogens (tertiary/aromatic N) is 3. The average Bonchev–Trinajstić information content (AvgIpc) is 3.61. The molecule has 216 valence electrons. The van der Waals surface area contributed by atoms with Crippen LogP contribution >= 0.6 is 11.3 Å². The second-order valence-corrected chi connectivity index (χ2v) is 10.9. The number of rotatable bonds is 8. The van der Waals surface area contributed by atoms with Gasteiger partial charge < -0.3 is 26.0 Å². The molecule has 5 aromatic rings. The van der Waals surface area contributed by atoms with E-state index < -0.39 is 17.8 Å². The van der Waals surface area contributed by atoms with Crippen LogP contribution in [0.3, 0.4) is 0 Å². The number of thiophene rings is 1. The van der Waals surface area contributed by atoms with Crippen molar-refractivity contribution in [1.82, 2.24) is 14.9 Å². The Hall–Kier alpha value is -5.36. The lowest BCUT2D eigenvalue weighted by Gasteiger charge is -2.15. The van der Waals surface area contributed by atoms with Crippen molar-refractivity contribution in [3.8, 4) is 22.1 Å². The summed E-state index contributed by atoms with van der Waals surface area (Å²) < 4.78 is 21.7. The van der Waals surface area contributed by atoms with Gasteiger partial charge in [-0.3, -0.25) is 19.6 Å². The lowest BCUT2D eigenvalue weighted by molar-refractivity contribution is -0.128. The van der Waals surface area contributed by atoms with Crippen LogP contribution in [0.25, 0.3) is 20.8 Å². The van der Waals surface area contributed by atoms with Crippen LogP contribution in [0.1, 0.15) is 28.8 Å². The third-order valence-corrected chi connectivity index (χ3v) is 7.97. The number of urea groups is 1. The highest BCUT2D eigenvalue weighted by Gasteiger charge is 2.20. The number of ether oxygens (including phenoxy) is 1. The molecule has 0 radical (unpaired) electrons. The fraction of sp³-hybridized carbons (Fsp3) is 0.129. The summed E-state index contributed by atoms with van der Waals surface area (Å²) in [6, 6.07) is 17.0. The molecule has 0 spiro atoms. The first-order chi connectivity index (χ1) is 20.8. The number of anilines is 2. The Kier molecular flexibility index (Phi) is 7.67. The molecule has 4 heterocycles. The van der Waals surface area contributed by atoms with Crippen LogP contribution in [0.15, 0.2) is 79.1 Å². The molecule has 3 aromatic heterocycles. The predicted molar refractivity (Wildman–Crippen MR) is 162 cm³/mol. The van der Waals surface area contributed by atoms with Gasteiger partial charge in [-0.1, -0.05) is 12.1 Å². The molecule has 1 saturated heterocycles. The van der Waals surface area contributed by atoms with Gasteiger partial charge in [0.2, 0.25) is 11.8 Å². The molecule has 4 N–H and O–H groups in total. The van der Waals surface area contributed by atoms with Crippen LogP contribution in [0.4, 0.5) is 20.6 Å². The number of pyridine rings is 2. The fourth-order valence-electron chi connectivity index (χ4n) is 4.70. The Morgan fingerprint density at radius 3 is 2.56 bits per heavy atom. The summed E-state index contributed by atoms with van der Waals surface area (Å²) in [5.74, 6) is -0.725. The smallest absolute Gasteiger partial charge is 0.323 e. The zero-order valence-corrected chi connectivity index (χ0v) is 23.5. The predicted octanol–water partition coefficient (Wildman–Crippen LogP) is 6.16. The van der Waals surface area contributed by atoms with Crippen molar-refractivity contribution in [1.29, 1.82) is 0 Å². The largest absolute Gasteiger partial charge is 0.453 e. The highest BCUT2D eigenvalue weighted by atomic mass is 32.1. The van der Waals surface area contributed by atoms with Gasteiger partial charge in [-0.15, -0.1) is 11.3 Å². The average molecular weight is 597 g/mol. The summed E-state index contributed by atoms with van der Waals surface area (Å²) in [5.41, 5.74) is 8.48.